The highest BCUT2D eigenvalue weighted by molar-refractivity contribution is 7.14. The van der Waals surface area contributed by atoms with Crippen LogP contribution in [0.4, 0.5) is 5.00 Å². The van der Waals surface area contributed by atoms with E-state index < -0.39 is 5.91 Å². The van der Waals surface area contributed by atoms with Crippen LogP contribution in [0.5, 0.6) is 0 Å². The summed E-state index contributed by atoms with van der Waals surface area (Å²) in [6.45, 7) is 0.904. The molecule has 1 atom stereocenters. The highest BCUT2D eigenvalue weighted by Crippen LogP contribution is 2.22. The van der Waals surface area contributed by atoms with Crippen molar-refractivity contribution in [3.8, 4) is 0 Å². The summed E-state index contributed by atoms with van der Waals surface area (Å²) in [6, 6.07) is 9.15. The second-order valence-corrected chi connectivity index (χ2v) is 6.30. The fraction of sp³-hybridized carbons (Fsp3) is 0.200. The van der Waals surface area contributed by atoms with E-state index in [4.69, 9.17) is 17.3 Å². The van der Waals surface area contributed by atoms with E-state index in [0.29, 0.717) is 22.1 Å². The van der Waals surface area contributed by atoms with Gasteiger partial charge in [0.15, 0.2) is 6.54 Å². The van der Waals surface area contributed by atoms with Crippen molar-refractivity contribution in [2.24, 2.45) is 5.73 Å². The number of benzene rings is 1. The van der Waals surface area contributed by atoms with E-state index in [0.717, 1.165) is 10.5 Å². The molecule has 2 rings (SSSR count). The predicted molar refractivity (Wildman–Crippen MR) is 88.4 cm³/mol. The molecule has 0 bridgehead atoms. The van der Waals surface area contributed by atoms with Gasteiger partial charge < -0.3 is 16.0 Å². The Morgan fingerprint density at radius 2 is 2.05 bits per heavy atom. The summed E-state index contributed by atoms with van der Waals surface area (Å²) in [5.41, 5.74) is 6.58. The predicted octanol–water partition coefficient (Wildman–Crippen LogP) is 1.15. The Bertz CT molecular complexity index is 687. The van der Waals surface area contributed by atoms with Crippen molar-refractivity contribution in [2.45, 2.75) is 6.54 Å². The van der Waals surface area contributed by atoms with Gasteiger partial charge in [0.25, 0.3) is 11.8 Å². The minimum absolute atomic E-state index is 0.172. The summed E-state index contributed by atoms with van der Waals surface area (Å²) < 4.78 is 0. The summed E-state index contributed by atoms with van der Waals surface area (Å²) in [5.74, 6) is -0.720. The molecule has 0 aliphatic heterocycles. The Morgan fingerprint density at radius 3 is 2.73 bits per heavy atom. The fourth-order valence-electron chi connectivity index (χ4n) is 2.07. The van der Waals surface area contributed by atoms with Crippen LogP contribution in [-0.4, -0.2) is 25.4 Å². The number of halogens is 1. The Hall–Kier alpha value is -1.89. The number of primary amides is 1. The molecule has 0 fully saturated rings. The van der Waals surface area contributed by atoms with Gasteiger partial charge in [-0.05, 0) is 17.5 Å². The van der Waals surface area contributed by atoms with E-state index in [2.05, 4.69) is 5.32 Å². The van der Waals surface area contributed by atoms with Crippen LogP contribution in [-0.2, 0) is 11.3 Å². The van der Waals surface area contributed by atoms with Gasteiger partial charge in [-0.3, -0.25) is 9.59 Å². The van der Waals surface area contributed by atoms with Gasteiger partial charge in [0.2, 0.25) is 0 Å². The SMILES string of the molecule is C[NH+](CC(=O)Nc1sccc1C(N)=O)Cc1ccccc1Cl. The van der Waals surface area contributed by atoms with E-state index in [9.17, 15) is 9.59 Å². The Balaban J connectivity index is 1.93. The average Bonchev–Trinajstić information content (AvgIpc) is 2.89. The summed E-state index contributed by atoms with van der Waals surface area (Å²) in [4.78, 5) is 24.3. The van der Waals surface area contributed by atoms with Gasteiger partial charge in [0.1, 0.15) is 11.5 Å². The van der Waals surface area contributed by atoms with Gasteiger partial charge in [-0.1, -0.05) is 29.8 Å². The van der Waals surface area contributed by atoms with Gasteiger partial charge in [-0.15, -0.1) is 11.3 Å². The van der Waals surface area contributed by atoms with E-state index in [1.807, 2.05) is 31.3 Å². The van der Waals surface area contributed by atoms with E-state index in [1.54, 1.807) is 11.4 Å². The van der Waals surface area contributed by atoms with Crippen molar-refractivity contribution in [2.75, 3.05) is 18.9 Å². The molecule has 1 aromatic carbocycles. The Labute approximate surface area is 137 Å². The summed E-state index contributed by atoms with van der Waals surface area (Å²) >= 11 is 7.39. The second-order valence-electron chi connectivity index (χ2n) is 4.98. The number of hydrogen-bond acceptors (Lipinski definition) is 3. The van der Waals surface area contributed by atoms with Crippen LogP contribution in [0, 0.1) is 0 Å². The topological polar surface area (TPSA) is 76.6 Å². The molecule has 2 aromatic rings. The number of nitrogens with one attached hydrogen (secondary N) is 2. The first-order chi connectivity index (χ1) is 10.5. The van der Waals surface area contributed by atoms with Crippen molar-refractivity contribution >= 4 is 39.8 Å². The smallest absolute Gasteiger partial charge is 0.280 e. The van der Waals surface area contributed by atoms with Crippen molar-refractivity contribution < 1.29 is 14.5 Å². The normalized spacial score (nSPS) is 11.9. The number of amides is 2. The lowest BCUT2D eigenvalue weighted by atomic mass is 10.2. The lowest BCUT2D eigenvalue weighted by Gasteiger charge is -2.14. The average molecular weight is 339 g/mol. The Kier molecular flexibility index (Phi) is 5.54. The standard InChI is InChI=1S/C15H16ClN3O2S/c1-19(8-10-4-2-3-5-12(10)16)9-13(20)18-15-11(14(17)21)6-7-22-15/h2-7H,8-9H2,1H3,(H2,17,21)(H,18,20)/p+1. The van der Waals surface area contributed by atoms with Crippen molar-refractivity contribution in [1.29, 1.82) is 0 Å². The van der Waals surface area contributed by atoms with E-state index in [-0.39, 0.29) is 12.5 Å². The molecular formula is C15H17ClN3O2S+. The molecule has 7 heteroatoms. The van der Waals surface area contributed by atoms with Crippen molar-refractivity contribution in [3.63, 3.8) is 0 Å². The van der Waals surface area contributed by atoms with Crippen LogP contribution in [0.1, 0.15) is 15.9 Å². The number of likely N-dealkylation sites (N-methyl/N-ethyl adjacent to an activating group) is 1. The van der Waals surface area contributed by atoms with Gasteiger partial charge >= 0.3 is 0 Å². The molecule has 5 nitrogen and oxygen atoms in total. The first-order valence-electron chi connectivity index (χ1n) is 6.69. The maximum absolute atomic E-state index is 12.1. The monoisotopic (exact) mass is 338 g/mol. The van der Waals surface area contributed by atoms with Crippen LogP contribution in [0.15, 0.2) is 35.7 Å². The summed E-state index contributed by atoms with van der Waals surface area (Å²) in [5, 5.41) is 5.63. The number of carbonyl (C=O) groups is 2. The fourth-order valence-corrected chi connectivity index (χ4v) is 3.09. The maximum atomic E-state index is 12.1. The molecular weight excluding hydrogens is 322 g/mol. The molecule has 1 heterocycles. The minimum atomic E-state index is -0.548. The molecule has 0 radical (unpaired) electrons. The van der Waals surface area contributed by atoms with E-state index in [1.165, 1.54) is 11.3 Å². The van der Waals surface area contributed by atoms with Crippen LogP contribution in [0.2, 0.25) is 5.02 Å². The first kappa shape index (κ1) is 16.5. The number of quaternary nitrogens is 1. The third-order valence-electron chi connectivity index (χ3n) is 3.10. The number of rotatable bonds is 6. The lowest BCUT2D eigenvalue weighted by Crippen LogP contribution is -3.08. The van der Waals surface area contributed by atoms with Gasteiger partial charge in [-0.25, -0.2) is 0 Å². The highest BCUT2D eigenvalue weighted by atomic mass is 35.5. The zero-order valence-corrected chi connectivity index (χ0v) is 13.6. The molecule has 0 saturated carbocycles. The summed E-state index contributed by atoms with van der Waals surface area (Å²) in [7, 11) is 1.91. The first-order valence-corrected chi connectivity index (χ1v) is 7.95. The molecule has 0 saturated heterocycles. The number of nitrogens with two attached hydrogens (primary N) is 1. The highest BCUT2D eigenvalue weighted by Gasteiger charge is 2.16. The van der Waals surface area contributed by atoms with Crippen LogP contribution in [0.25, 0.3) is 0 Å². The lowest BCUT2D eigenvalue weighted by molar-refractivity contribution is -0.885. The van der Waals surface area contributed by atoms with E-state index >= 15 is 0 Å². The van der Waals surface area contributed by atoms with Gasteiger partial charge in [0, 0.05) is 10.6 Å². The molecule has 0 spiro atoms. The van der Waals surface area contributed by atoms with Crippen LogP contribution in [0.3, 0.4) is 0 Å². The zero-order valence-electron chi connectivity index (χ0n) is 12.1. The van der Waals surface area contributed by atoms with Crippen LogP contribution >= 0.6 is 22.9 Å². The third kappa shape index (κ3) is 4.30. The number of carbonyl (C=O) groups excluding carboxylic acids is 2. The number of anilines is 1. The second kappa shape index (κ2) is 7.40. The van der Waals surface area contributed by atoms with Crippen molar-refractivity contribution in [3.05, 3.63) is 51.9 Å². The van der Waals surface area contributed by atoms with Gasteiger partial charge in [-0.2, -0.15) is 0 Å². The molecule has 0 aliphatic carbocycles. The molecule has 1 unspecified atom stereocenters. The minimum Gasteiger partial charge on any atom is -0.366 e. The number of thiophene rings is 1. The molecule has 0 aliphatic rings. The molecule has 2 amide bonds. The van der Waals surface area contributed by atoms with Crippen molar-refractivity contribution in [1.82, 2.24) is 0 Å². The molecule has 4 N–H and O–H groups in total. The maximum Gasteiger partial charge on any atom is 0.280 e. The third-order valence-corrected chi connectivity index (χ3v) is 4.29. The molecule has 116 valence electrons. The summed E-state index contributed by atoms with van der Waals surface area (Å²) in [6.07, 6.45) is 0. The molecule has 22 heavy (non-hydrogen) atoms. The van der Waals surface area contributed by atoms with Crippen LogP contribution < -0.4 is 16.0 Å². The largest absolute Gasteiger partial charge is 0.366 e. The molecule has 1 aromatic heterocycles. The number of hydrogen-bond donors (Lipinski definition) is 3. The zero-order chi connectivity index (χ0) is 16.1. The van der Waals surface area contributed by atoms with Gasteiger partial charge in [0.05, 0.1) is 12.6 Å². The Morgan fingerprint density at radius 1 is 1.32 bits per heavy atom. The quantitative estimate of drug-likeness (QED) is 0.739.